The lowest BCUT2D eigenvalue weighted by Gasteiger charge is -2.02. The molecule has 0 radical (unpaired) electrons. The number of nitrogens with two attached hydrogens (primary N) is 1. The van der Waals surface area contributed by atoms with Gasteiger partial charge in [-0.3, -0.25) is 4.79 Å². The van der Waals surface area contributed by atoms with Crippen LogP contribution in [0.4, 0.5) is 0 Å². The number of primary amides is 1. The molecule has 3 nitrogen and oxygen atoms in total. The van der Waals surface area contributed by atoms with Gasteiger partial charge < -0.3 is 10.5 Å². The summed E-state index contributed by atoms with van der Waals surface area (Å²) < 4.78 is 5.07. The van der Waals surface area contributed by atoms with Crippen LogP contribution in [0.1, 0.15) is 6.42 Å². The molecule has 2 atom stereocenters. The van der Waals surface area contributed by atoms with Gasteiger partial charge in [0.15, 0.2) is 0 Å². The van der Waals surface area contributed by atoms with E-state index in [9.17, 15) is 4.79 Å². The molecule has 0 aromatic rings. The molecule has 2 fully saturated rings. The molecule has 2 aliphatic rings. The van der Waals surface area contributed by atoms with E-state index in [4.69, 9.17) is 10.5 Å². The highest BCUT2D eigenvalue weighted by Gasteiger charge is 2.62. The van der Waals surface area contributed by atoms with E-state index in [2.05, 4.69) is 0 Å². The van der Waals surface area contributed by atoms with Crippen LogP contribution < -0.4 is 5.73 Å². The van der Waals surface area contributed by atoms with E-state index in [1.807, 2.05) is 0 Å². The monoisotopic (exact) mass is 127 g/mol. The molecule has 0 aromatic carbocycles. The maximum absolute atomic E-state index is 10.7. The van der Waals surface area contributed by atoms with Crippen molar-refractivity contribution in [3.63, 3.8) is 0 Å². The van der Waals surface area contributed by atoms with Crippen LogP contribution in [0, 0.1) is 11.3 Å². The molecule has 9 heavy (non-hydrogen) atoms. The zero-order valence-corrected chi connectivity index (χ0v) is 5.09. The first-order valence-corrected chi connectivity index (χ1v) is 3.13. The largest absolute Gasteiger partial charge is 0.380 e. The lowest BCUT2D eigenvalue weighted by molar-refractivity contribution is -0.123. The van der Waals surface area contributed by atoms with Crippen LogP contribution in [0.5, 0.6) is 0 Å². The maximum Gasteiger partial charge on any atom is 0.226 e. The van der Waals surface area contributed by atoms with E-state index in [0.29, 0.717) is 12.5 Å². The van der Waals surface area contributed by atoms with Gasteiger partial charge in [0.25, 0.3) is 0 Å². The summed E-state index contributed by atoms with van der Waals surface area (Å²) in [5, 5.41) is 0. The summed E-state index contributed by atoms with van der Waals surface area (Å²) in [4.78, 5) is 10.7. The number of ether oxygens (including phenoxy) is 1. The van der Waals surface area contributed by atoms with Crippen LogP contribution in [-0.4, -0.2) is 19.1 Å². The SMILES string of the molecule is NC(=O)C12COCC1C2. The second-order valence-corrected chi connectivity index (χ2v) is 2.94. The quantitative estimate of drug-likeness (QED) is 0.516. The minimum absolute atomic E-state index is 0.176. The predicted octanol–water partition coefficient (Wildman–Crippen LogP) is -0.492. The van der Waals surface area contributed by atoms with Gasteiger partial charge in [0, 0.05) is 5.92 Å². The molecule has 1 heterocycles. The lowest BCUT2D eigenvalue weighted by atomic mass is 10.1. The van der Waals surface area contributed by atoms with E-state index in [-0.39, 0.29) is 11.3 Å². The second-order valence-electron chi connectivity index (χ2n) is 2.94. The van der Waals surface area contributed by atoms with E-state index in [0.717, 1.165) is 13.0 Å². The molecule has 0 bridgehead atoms. The normalized spacial score (nSPS) is 46.4. The predicted molar refractivity (Wildman–Crippen MR) is 30.6 cm³/mol. The van der Waals surface area contributed by atoms with Crippen LogP contribution in [0.15, 0.2) is 0 Å². The van der Waals surface area contributed by atoms with Crippen molar-refractivity contribution in [3.05, 3.63) is 0 Å². The fourth-order valence-electron chi connectivity index (χ4n) is 1.53. The molecule has 0 spiro atoms. The Morgan fingerprint density at radius 3 is 2.78 bits per heavy atom. The average Bonchev–Trinajstić information content (AvgIpc) is 2.38. The number of rotatable bonds is 1. The Hall–Kier alpha value is -0.570. The van der Waals surface area contributed by atoms with Crippen molar-refractivity contribution in [2.24, 2.45) is 17.1 Å². The van der Waals surface area contributed by atoms with Gasteiger partial charge in [-0.2, -0.15) is 0 Å². The van der Waals surface area contributed by atoms with E-state index in [1.54, 1.807) is 0 Å². The molecule has 1 aliphatic heterocycles. The van der Waals surface area contributed by atoms with Gasteiger partial charge in [-0.05, 0) is 6.42 Å². The van der Waals surface area contributed by atoms with Crippen LogP contribution in [0.2, 0.25) is 0 Å². The third kappa shape index (κ3) is 0.477. The number of hydrogen-bond acceptors (Lipinski definition) is 2. The van der Waals surface area contributed by atoms with Gasteiger partial charge in [-0.25, -0.2) is 0 Å². The van der Waals surface area contributed by atoms with Crippen LogP contribution in [0.25, 0.3) is 0 Å². The van der Waals surface area contributed by atoms with E-state index in [1.165, 1.54) is 0 Å². The Morgan fingerprint density at radius 2 is 2.56 bits per heavy atom. The maximum atomic E-state index is 10.7. The Bertz CT molecular complexity index is 168. The molecule has 2 N–H and O–H groups in total. The number of carbonyl (C=O) groups excluding carboxylic acids is 1. The molecule has 1 saturated carbocycles. The minimum atomic E-state index is -0.222. The fourth-order valence-corrected chi connectivity index (χ4v) is 1.53. The highest BCUT2D eigenvalue weighted by Crippen LogP contribution is 2.56. The summed E-state index contributed by atoms with van der Waals surface area (Å²) in [5.41, 5.74) is 4.93. The number of amides is 1. The standard InChI is InChI=1S/C6H9NO2/c7-5(8)6-1-4(6)2-9-3-6/h4H,1-3H2,(H2,7,8). The summed E-state index contributed by atoms with van der Waals surface area (Å²) in [7, 11) is 0. The first-order chi connectivity index (χ1) is 4.26. The number of fused-ring (bicyclic) bond motifs is 1. The second kappa shape index (κ2) is 1.29. The third-order valence-corrected chi connectivity index (χ3v) is 2.40. The highest BCUT2D eigenvalue weighted by molar-refractivity contribution is 5.84. The zero-order chi connectivity index (χ0) is 6.48. The Morgan fingerprint density at radius 1 is 1.78 bits per heavy atom. The van der Waals surface area contributed by atoms with Gasteiger partial charge in [-0.15, -0.1) is 0 Å². The minimum Gasteiger partial charge on any atom is -0.380 e. The van der Waals surface area contributed by atoms with Crippen LogP contribution in [0.3, 0.4) is 0 Å². The summed E-state index contributed by atoms with van der Waals surface area (Å²) in [6.07, 6.45) is 0.961. The molecule has 1 amide bonds. The van der Waals surface area contributed by atoms with Crippen molar-refractivity contribution in [3.8, 4) is 0 Å². The molecule has 3 heteroatoms. The summed E-state index contributed by atoms with van der Waals surface area (Å²) in [5.74, 6) is 0.278. The molecule has 2 unspecified atom stereocenters. The van der Waals surface area contributed by atoms with Crippen LogP contribution >= 0.6 is 0 Å². The third-order valence-electron chi connectivity index (χ3n) is 2.40. The lowest BCUT2D eigenvalue weighted by Crippen LogP contribution is -2.27. The summed E-state index contributed by atoms with van der Waals surface area (Å²) in [6, 6.07) is 0. The highest BCUT2D eigenvalue weighted by atomic mass is 16.5. The van der Waals surface area contributed by atoms with Crippen molar-refractivity contribution >= 4 is 5.91 Å². The first-order valence-electron chi connectivity index (χ1n) is 3.13. The summed E-state index contributed by atoms with van der Waals surface area (Å²) >= 11 is 0. The molecule has 2 rings (SSSR count). The van der Waals surface area contributed by atoms with Gasteiger partial charge in [0.1, 0.15) is 0 Å². The Kier molecular flexibility index (Phi) is 0.750. The molecule has 1 aliphatic carbocycles. The molecular formula is C6H9NO2. The molecular weight excluding hydrogens is 118 g/mol. The van der Waals surface area contributed by atoms with Crippen molar-refractivity contribution < 1.29 is 9.53 Å². The molecule has 50 valence electrons. The van der Waals surface area contributed by atoms with Gasteiger partial charge >= 0.3 is 0 Å². The van der Waals surface area contributed by atoms with E-state index >= 15 is 0 Å². The van der Waals surface area contributed by atoms with Crippen molar-refractivity contribution in [2.75, 3.05) is 13.2 Å². The van der Waals surface area contributed by atoms with Crippen molar-refractivity contribution in [1.82, 2.24) is 0 Å². The van der Waals surface area contributed by atoms with Gasteiger partial charge in [-0.1, -0.05) is 0 Å². The average molecular weight is 127 g/mol. The van der Waals surface area contributed by atoms with Gasteiger partial charge in [0.2, 0.25) is 5.91 Å². The summed E-state index contributed by atoms with van der Waals surface area (Å²) in [6.45, 7) is 1.30. The first kappa shape index (κ1) is 5.23. The zero-order valence-electron chi connectivity index (χ0n) is 5.09. The fraction of sp³-hybridized carbons (Fsp3) is 0.833. The smallest absolute Gasteiger partial charge is 0.226 e. The van der Waals surface area contributed by atoms with Crippen molar-refractivity contribution in [1.29, 1.82) is 0 Å². The molecule has 0 aromatic heterocycles. The van der Waals surface area contributed by atoms with Gasteiger partial charge in [0.05, 0.1) is 18.6 Å². The topological polar surface area (TPSA) is 52.3 Å². The van der Waals surface area contributed by atoms with E-state index < -0.39 is 0 Å². The molecule has 1 saturated heterocycles. The number of hydrogen-bond donors (Lipinski definition) is 1. The van der Waals surface area contributed by atoms with Crippen LogP contribution in [-0.2, 0) is 9.53 Å². The van der Waals surface area contributed by atoms with Crippen molar-refractivity contribution in [2.45, 2.75) is 6.42 Å². The number of carbonyl (C=O) groups is 1. The Balaban J connectivity index is 2.19. The Labute approximate surface area is 53.2 Å².